The lowest BCUT2D eigenvalue weighted by atomic mass is 10.0. The van der Waals surface area contributed by atoms with Gasteiger partial charge in [0.15, 0.2) is 5.96 Å². The number of guanidine groups is 1. The van der Waals surface area contributed by atoms with Crippen molar-refractivity contribution in [1.82, 2.24) is 20.0 Å². The number of benzene rings is 1. The molecule has 2 unspecified atom stereocenters. The number of hydrogen-bond acceptors (Lipinski definition) is 3. The summed E-state index contributed by atoms with van der Waals surface area (Å²) in [5, 5.41) is 8.33. The average Bonchev–Trinajstić information content (AvgIpc) is 3.29. The van der Waals surface area contributed by atoms with Gasteiger partial charge < -0.3 is 15.0 Å². The second kappa shape index (κ2) is 10.9. The van der Waals surface area contributed by atoms with Crippen LogP contribution in [0.5, 0.6) is 5.75 Å². The van der Waals surface area contributed by atoms with Crippen molar-refractivity contribution < 1.29 is 4.74 Å². The van der Waals surface area contributed by atoms with E-state index >= 15 is 0 Å². The van der Waals surface area contributed by atoms with Crippen molar-refractivity contribution in [2.24, 2.45) is 12.0 Å². The van der Waals surface area contributed by atoms with Gasteiger partial charge in [0.2, 0.25) is 0 Å². The largest absolute Gasteiger partial charge is 0.487 e. The van der Waals surface area contributed by atoms with Crippen LogP contribution in [-0.2, 0) is 7.05 Å². The van der Waals surface area contributed by atoms with E-state index in [0.717, 1.165) is 32.0 Å². The van der Waals surface area contributed by atoms with E-state index in [2.05, 4.69) is 28.4 Å². The van der Waals surface area contributed by atoms with Gasteiger partial charge in [0.1, 0.15) is 11.9 Å². The molecule has 1 aliphatic rings. The van der Waals surface area contributed by atoms with Crippen LogP contribution in [0.15, 0.2) is 41.7 Å². The minimum atomic E-state index is -0.0599. The normalized spacial score (nSPS) is 17.9. The molecule has 1 aromatic carbocycles. The first-order chi connectivity index (χ1) is 13.1. The number of aliphatic imine (C=N–C) groups is 1. The molecule has 0 saturated carbocycles. The summed E-state index contributed by atoms with van der Waals surface area (Å²) in [4.78, 5) is 7.12. The highest BCUT2D eigenvalue weighted by Crippen LogP contribution is 2.27. The third-order valence-corrected chi connectivity index (χ3v) is 4.99. The van der Waals surface area contributed by atoms with Crippen LogP contribution in [0.4, 0.5) is 0 Å². The van der Waals surface area contributed by atoms with Gasteiger partial charge in [-0.15, -0.1) is 24.0 Å². The van der Waals surface area contributed by atoms with Crippen molar-refractivity contribution >= 4 is 41.5 Å². The number of hydrogen-bond donors (Lipinski definition) is 1. The molecule has 0 amide bonds. The number of aromatic nitrogens is 2. The fourth-order valence-electron chi connectivity index (χ4n) is 3.31. The molecule has 1 N–H and O–H groups in total. The van der Waals surface area contributed by atoms with E-state index in [1.165, 1.54) is 5.56 Å². The van der Waals surface area contributed by atoms with Crippen LogP contribution in [0.1, 0.15) is 31.7 Å². The Morgan fingerprint density at radius 1 is 1.43 bits per heavy atom. The summed E-state index contributed by atoms with van der Waals surface area (Å²) in [5.74, 6) is 2.14. The first-order valence-corrected chi connectivity index (χ1v) is 9.87. The Kier molecular flexibility index (Phi) is 8.88. The Balaban J connectivity index is 0.00000280. The molecule has 154 valence electrons. The zero-order chi connectivity index (χ0) is 19.2. The highest BCUT2D eigenvalue weighted by atomic mass is 127. The number of para-hydroxylation sites is 1. The number of nitrogens with zero attached hydrogens (tertiary/aromatic N) is 4. The van der Waals surface area contributed by atoms with Gasteiger partial charge in [0.05, 0.1) is 17.8 Å². The Labute approximate surface area is 189 Å². The monoisotopic (exact) mass is 517 g/mol. The van der Waals surface area contributed by atoms with Crippen LogP contribution in [0, 0.1) is 0 Å². The van der Waals surface area contributed by atoms with Gasteiger partial charge in [-0.3, -0.25) is 4.68 Å². The van der Waals surface area contributed by atoms with Crippen LogP contribution in [0.2, 0.25) is 5.02 Å². The third-order valence-electron chi connectivity index (χ3n) is 4.68. The predicted octanol–water partition coefficient (Wildman–Crippen LogP) is 3.91. The molecule has 0 spiro atoms. The molecule has 1 aromatic heterocycles. The zero-order valence-corrected chi connectivity index (χ0v) is 19.7. The number of halogens is 2. The SMILES string of the molecule is CCNC(=NCC(C)Oc1ccccc1Cl)N1CCC(c2cnn(C)c2)C1.I. The molecule has 1 saturated heterocycles. The standard InChI is InChI=1S/C20H28ClN5O.HI/c1-4-22-20(23-11-15(2)27-19-8-6-5-7-18(19)21)26-10-9-16(14-26)17-12-24-25(3)13-17;/h5-8,12-13,15-16H,4,9-11,14H2,1-3H3,(H,22,23);1H. The van der Waals surface area contributed by atoms with Crippen molar-refractivity contribution in [3.05, 3.63) is 47.2 Å². The first-order valence-electron chi connectivity index (χ1n) is 9.49. The van der Waals surface area contributed by atoms with Gasteiger partial charge in [0, 0.05) is 38.8 Å². The van der Waals surface area contributed by atoms with Gasteiger partial charge in [0.25, 0.3) is 0 Å². The molecule has 2 heterocycles. The molecule has 8 heteroatoms. The van der Waals surface area contributed by atoms with Gasteiger partial charge in [-0.25, -0.2) is 4.99 Å². The van der Waals surface area contributed by atoms with Crippen LogP contribution < -0.4 is 10.1 Å². The minimum absolute atomic E-state index is 0. The van der Waals surface area contributed by atoms with Crippen LogP contribution in [0.25, 0.3) is 0 Å². The fourth-order valence-corrected chi connectivity index (χ4v) is 3.49. The molecule has 1 aliphatic heterocycles. The molecule has 3 rings (SSSR count). The lowest BCUT2D eigenvalue weighted by Gasteiger charge is -2.22. The minimum Gasteiger partial charge on any atom is -0.487 e. The van der Waals surface area contributed by atoms with Gasteiger partial charge in [-0.1, -0.05) is 23.7 Å². The average molecular weight is 518 g/mol. The van der Waals surface area contributed by atoms with Crippen molar-refractivity contribution in [2.45, 2.75) is 32.3 Å². The topological polar surface area (TPSA) is 54.7 Å². The van der Waals surface area contributed by atoms with E-state index in [1.807, 2.05) is 49.1 Å². The van der Waals surface area contributed by atoms with E-state index in [0.29, 0.717) is 23.2 Å². The Hall–Kier alpha value is -1.48. The van der Waals surface area contributed by atoms with Crippen molar-refractivity contribution in [1.29, 1.82) is 0 Å². The van der Waals surface area contributed by atoms with Crippen molar-refractivity contribution in [3.63, 3.8) is 0 Å². The third kappa shape index (κ3) is 6.01. The number of nitrogens with one attached hydrogen (secondary N) is 1. The summed E-state index contributed by atoms with van der Waals surface area (Å²) >= 11 is 6.17. The maximum Gasteiger partial charge on any atom is 0.194 e. The fraction of sp³-hybridized carbons (Fsp3) is 0.500. The number of likely N-dealkylation sites (tertiary alicyclic amines) is 1. The Bertz CT molecular complexity index is 781. The van der Waals surface area contributed by atoms with Crippen molar-refractivity contribution in [3.8, 4) is 5.75 Å². The van der Waals surface area contributed by atoms with E-state index in [9.17, 15) is 0 Å². The maximum absolute atomic E-state index is 6.17. The van der Waals surface area contributed by atoms with E-state index in [4.69, 9.17) is 21.3 Å². The highest BCUT2D eigenvalue weighted by molar-refractivity contribution is 14.0. The first kappa shape index (κ1) is 22.8. The summed E-state index contributed by atoms with van der Waals surface area (Å²) in [5.41, 5.74) is 1.30. The van der Waals surface area contributed by atoms with Crippen molar-refractivity contribution in [2.75, 3.05) is 26.2 Å². The van der Waals surface area contributed by atoms with Crippen LogP contribution >= 0.6 is 35.6 Å². The molecular formula is C20H29ClIN5O. The maximum atomic E-state index is 6.17. The molecule has 2 aromatic rings. The Morgan fingerprint density at radius 3 is 2.89 bits per heavy atom. The van der Waals surface area contributed by atoms with Gasteiger partial charge in [-0.2, -0.15) is 5.10 Å². The van der Waals surface area contributed by atoms with Gasteiger partial charge in [-0.05, 0) is 38.0 Å². The highest BCUT2D eigenvalue weighted by Gasteiger charge is 2.27. The molecule has 6 nitrogen and oxygen atoms in total. The van der Waals surface area contributed by atoms with Crippen LogP contribution in [0.3, 0.4) is 0 Å². The number of rotatable bonds is 6. The lowest BCUT2D eigenvalue weighted by molar-refractivity contribution is 0.230. The summed E-state index contributed by atoms with van der Waals surface area (Å²) in [6, 6.07) is 7.53. The molecule has 0 bridgehead atoms. The molecular weight excluding hydrogens is 489 g/mol. The molecule has 2 atom stereocenters. The summed E-state index contributed by atoms with van der Waals surface area (Å²) in [6.45, 7) is 7.46. The summed E-state index contributed by atoms with van der Waals surface area (Å²) in [7, 11) is 1.96. The molecule has 1 fully saturated rings. The quantitative estimate of drug-likeness (QED) is 0.359. The summed E-state index contributed by atoms with van der Waals surface area (Å²) < 4.78 is 7.80. The van der Waals surface area contributed by atoms with E-state index in [-0.39, 0.29) is 30.1 Å². The lowest BCUT2D eigenvalue weighted by Crippen LogP contribution is -2.40. The number of aryl methyl sites for hydroxylation is 1. The molecule has 28 heavy (non-hydrogen) atoms. The predicted molar refractivity (Wildman–Crippen MR) is 125 cm³/mol. The zero-order valence-electron chi connectivity index (χ0n) is 16.6. The van der Waals surface area contributed by atoms with Gasteiger partial charge >= 0.3 is 0 Å². The second-order valence-electron chi connectivity index (χ2n) is 6.93. The smallest absolute Gasteiger partial charge is 0.194 e. The van der Waals surface area contributed by atoms with E-state index in [1.54, 1.807) is 0 Å². The molecule has 0 aliphatic carbocycles. The second-order valence-corrected chi connectivity index (χ2v) is 7.34. The Morgan fingerprint density at radius 2 is 2.21 bits per heavy atom. The van der Waals surface area contributed by atoms with E-state index < -0.39 is 0 Å². The van der Waals surface area contributed by atoms with Crippen LogP contribution in [-0.4, -0.2) is 52.9 Å². The number of ether oxygens (including phenoxy) is 1. The molecule has 0 radical (unpaired) electrons. The summed E-state index contributed by atoms with van der Waals surface area (Å²) in [6.07, 6.45) is 5.13.